The zero-order valence-corrected chi connectivity index (χ0v) is 6.88. The number of alkyl halides is 2. The Labute approximate surface area is 64.3 Å². The predicted octanol–water partition coefficient (Wildman–Crippen LogP) is 2.16. The van der Waals surface area contributed by atoms with Crippen molar-refractivity contribution >= 4 is 29.0 Å². The summed E-state index contributed by atoms with van der Waals surface area (Å²) in [5.74, 6) is -0.0594. The fraction of sp³-hybridized carbons (Fsp3) is 0.833. The van der Waals surface area contributed by atoms with E-state index in [1.165, 1.54) is 0 Å². The van der Waals surface area contributed by atoms with E-state index in [1.807, 2.05) is 13.8 Å². The van der Waals surface area contributed by atoms with Crippen LogP contribution in [0.3, 0.4) is 0 Å². The van der Waals surface area contributed by atoms with Crippen LogP contribution < -0.4 is 0 Å². The van der Waals surface area contributed by atoms with Gasteiger partial charge in [0.05, 0.1) is 0 Å². The van der Waals surface area contributed by atoms with Crippen LogP contribution in [0.2, 0.25) is 0 Å². The SMILES string of the molecule is CC1(C)CC(=O)C1(Cl)Cl. The molecule has 0 aromatic rings. The van der Waals surface area contributed by atoms with Gasteiger partial charge in [0.25, 0.3) is 0 Å². The molecular weight excluding hydrogens is 159 g/mol. The topological polar surface area (TPSA) is 17.1 Å². The van der Waals surface area contributed by atoms with Gasteiger partial charge in [-0.2, -0.15) is 0 Å². The minimum Gasteiger partial charge on any atom is -0.296 e. The van der Waals surface area contributed by atoms with Crippen LogP contribution in [0.4, 0.5) is 0 Å². The fourth-order valence-electron chi connectivity index (χ4n) is 0.894. The van der Waals surface area contributed by atoms with E-state index in [9.17, 15) is 4.79 Å². The van der Waals surface area contributed by atoms with Gasteiger partial charge in [-0.15, -0.1) is 0 Å². The van der Waals surface area contributed by atoms with Crippen molar-refractivity contribution in [2.45, 2.75) is 24.6 Å². The molecule has 3 heteroatoms. The van der Waals surface area contributed by atoms with Gasteiger partial charge < -0.3 is 0 Å². The molecule has 1 aliphatic carbocycles. The molecule has 0 aromatic heterocycles. The smallest absolute Gasteiger partial charge is 0.181 e. The molecule has 0 heterocycles. The van der Waals surface area contributed by atoms with Crippen LogP contribution in [0.1, 0.15) is 20.3 Å². The maximum atomic E-state index is 10.7. The molecule has 0 saturated heterocycles. The van der Waals surface area contributed by atoms with Gasteiger partial charge in [-0.3, -0.25) is 4.79 Å². The third-order valence-electron chi connectivity index (χ3n) is 1.80. The largest absolute Gasteiger partial charge is 0.296 e. The second-order valence-corrected chi connectivity index (χ2v) is 4.39. The summed E-state index contributed by atoms with van der Waals surface area (Å²) in [6, 6.07) is 0. The number of ketones is 1. The van der Waals surface area contributed by atoms with E-state index in [4.69, 9.17) is 23.2 Å². The normalized spacial score (nSPS) is 29.6. The lowest BCUT2D eigenvalue weighted by atomic mass is 9.70. The minimum atomic E-state index is -1.12. The Kier molecular flexibility index (Phi) is 1.34. The van der Waals surface area contributed by atoms with Crippen molar-refractivity contribution in [3.8, 4) is 0 Å². The van der Waals surface area contributed by atoms with Gasteiger partial charge in [0.1, 0.15) is 0 Å². The van der Waals surface area contributed by atoms with E-state index in [1.54, 1.807) is 0 Å². The molecule has 0 aliphatic heterocycles. The number of hydrogen-bond acceptors (Lipinski definition) is 1. The monoisotopic (exact) mass is 166 g/mol. The van der Waals surface area contributed by atoms with Crippen molar-refractivity contribution in [2.75, 3.05) is 0 Å². The first-order chi connectivity index (χ1) is 3.88. The van der Waals surface area contributed by atoms with E-state index < -0.39 is 4.33 Å². The first kappa shape index (κ1) is 7.36. The second kappa shape index (κ2) is 1.64. The number of Topliss-reactive ketones (excluding diaryl/α,β-unsaturated/α-hetero) is 1. The van der Waals surface area contributed by atoms with Gasteiger partial charge in [0.2, 0.25) is 0 Å². The van der Waals surface area contributed by atoms with Crippen LogP contribution in [0.15, 0.2) is 0 Å². The molecule has 0 aromatic carbocycles. The molecule has 9 heavy (non-hydrogen) atoms. The first-order valence-electron chi connectivity index (χ1n) is 2.79. The third-order valence-corrected chi connectivity index (χ3v) is 3.25. The van der Waals surface area contributed by atoms with E-state index >= 15 is 0 Å². The summed E-state index contributed by atoms with van der Waals surface area (Å²) in [6.45, 7) is 3.77. The van der Waals surface area contributed by atoms with E-state index in [0.717, 1.165) is 0 Å². The van der Waals surface area contributed by atoms with Crippen molar-refractivity contribution in [3.63, 3.8) is 0 Å². The van der Waals surface area contributed by atoms with Gasteiger partial charge in [-0.05, 0) is 0 Å². The minimum absolute atomic E-state index is 0.0594. The molecule has 0 N–H and O–H groups in total. The van der Waals surface area contributed by atoms with E-state index in [2.05, 4.69) is 0 Å². The van der Waals surface area contributed by atoms with Crippen molar-refractivity contribution < 1.29 is 4.79 Å². The Morgan fingerprint density at radius 3 is 1.89 bits per heavy atom. The quantitative estimate of drug-likeness (QED) is 0.505. The summed E-state index contributed by atoms with van der Waals surface area (Å²) >= 11 is 11.3. The molecular formula is C6H8Cl2O. The molecule has 1 rings (SSSR count). The molecule has 0 bridgehead atoms. The number of carbonyl (C=O) groups is 1. The molecule has 1 fully saturated rings. The maximum Gasteiger partial charge on any atom is 0.181 e. The highest BCUT2D eigenvalue weighted by Gasteiger charge is 2.58. The van der Waals surface area contributed by atoms with Crippen LogP contribution in [-0.2, 0) is 4.79 Å². The van der Waals surface area contributed by atoms with Gasteiger partial charge >= 0.3 is 0 Å². The lowest BCUT2D eigenvalue weighted by Crippen LogP contribution is -2.54. The molecule has 1 aliphatic rings. The summed E-state index contributed by atoms with van der Waals surface area (Å²) in [4.78, 5) is 10.7. The van der Waals surface area contributed by atoms with Crippen LogP contribution in [0.25, 0.3) is 0 Å². The Morgan fingerprint density at radius 1 is 1.44 bits per heavy atom. The van der Waals surface area contributed by atoms with Crippen LogP contribution in [0, 0.1) is 5.41 Å². The van der Waals surface area contributed by atoms with Gasteiger partial charge in [0, 0.05) is 11.8 Å². The lowest BCUT2D eigenvalue weighted by molar-refractivity contribution is -0.132. The summed E-state index contributed by atoms with van der Waals surface area (Å²) in [5, 5.41) is 0. The Balaban J connectivity index is 2.82. The molecule has 52 valence electrons. The average molecular weight is 167 g/mol. The predicted molar refractivity (Wildman–Crippen MR) is 37.8 cm³/mol. The summed E-state index contributed by atoms with van der Waals surface area (Å²) < 4.78 is -1.12. The standard InChI is InChI=1S/C6H8Cl2O/c1-5(2)3-4(9)6(5,7)8/h3H2,1-2H3. The van der Waals surface area contributed by atoms with Crippen LogP contribution in [0.5, 0.6) is 0 Å². The Bertz CT molecular complexity index is 160. The molecule has 0 atom stereocenters. The first-order valence-corrected chi connectivity index (χ1v) is 3.55. The number of hydrogen-bond donors (Lipinski definition) is 0. The zero-order chi connectivity index (χ0) is 7.28. The Morgan fingerprint density at radius 2 is 1.89 bits per heavy atom. The lowest BCUT2D eigenvalue weighted by Gasteiger charge is -2.45. The highest BCUT2D eigenvalue weighted by Crippen LogP contribution is 2.53. The van der Waals surface area contributed by atoms with Gasteiger partial charge in [-0.1, -0.05) is 37.0 Å². The molecule has 0 unspecified atom stereocenters. The Hall–Kier alpha value is 0.250. The highest BCUT2D eigenvalue weighted by atomic mass is 35.5. The second-order valence-electron chi connectivity index (χ2n) is 3.06. The van der Waals surface area contributed by atoms with E-state index in [-0.39, 0.29) is 11.2 Å². The fourth-order valence-corrected chi connectivity index (χ4v) is 1.16. The third kappa shape index (κ3) is 0.786. The van der Waals surface area contributed by atoms with Crippen LogP contribution >= 0.6 is 23.2 Å². The highest BCUT2D eigenvalue weighted by molar-refractivity contribution is 6.61. The number of rotatable bonds is 0. The summed E-state index contributed by atoms with van der Waals surface area (Å²) in [5.41, 5.74) is -0.229. The molecule has 1 nitrogen and oxygen atoms in total. The zero-order valence-electron chi connectivity index (χ0n) is 5.37. The molecule has 0 amide bonds. The number of carbonyl (C=O) groups excluding carboxylic acids is 1. The summed E-state index contributed by atoms with van der Waals surface area (Å²) in [6.07, 6.45) is 0.500. The van der Waals surface area contributed by atoms with Crippen molar-refractivity contribution in [2.24, 2.45) is 5.41 Å². The van der Waals surface area contributed by atoms with Gasteiger partial charge in [-0.25, -0.2) is 0 Å². The van der Waals surface area contributed by atoms with E-state index in [0.29, 0.717) is 6.42 Å². The molecule has 1 saturated carbocycles. The van der Waals surface area contributed by atoms with Crippen LogP contribution in [-0.4, -0.2) is 10.1 Å². The number of halogens is 2. The van der Waals surface area contributed by atoms with Crippen molar-refractivity contribution in [1.29, 1.82) is 0 Å². The van der Waals surface area contributed by atoms with Crippen molar-refractivity contribution in [3.05, 3.63) is 0 Å². The average Bonchev–Trinajstić information content (AvgIpc) is 1.65. The summed E-state index contributed by atoms with van der Waals surface area (Å²) in [7, 11) is 0. The van der Waals surface area contributed by atoms with Gasteiger partial charge in [0.15, 0.2) is 10.1 Å². The molecule has 0 radical (unpaired) electrons. The molecule has 0 spiro atoms. The van der Waals surface area contributed by atoms with Crippen molar-refractivity contribution in [1.82, 2.24) is 0 Å². The maximum absolute atomic E-state index is 10.7.